The highest BCUT2D eigenvalue weighted by atomic mass is 16.6. The standard InChI is InChI=1S/C19H34O6/c1-2-3-4-5-6-7-8-9-10-11-12-13-14(20)15(21)18-16(22)17(23)19(24)25-18/h15-18,21-23H,2-13H2,1H3/t15-,16+,17-,18+/m0/s1. The number of hydrogen-bond donors (Lipinski definition) is 3. The summed E-state index contributed by atoms with van der Waals surface area (Å²) in [4.78, 5) is 23.0. The quantitative estimate of drug-likeness (QED) is 0.325. The molecule has 1 aliphatic heterocycles. The van der Waals surface area contributed by atoms with Gasteiger partial charge in [0.2, 0.25) is 0 Å². The minimum Gasteiger partial charge on any atom is -0.454 e. The lowest BCUT2D eigenvalue weighted by Crippen LogP contribution is -2.42. The molecule has 4 atom stereocenters. The molecule has 6 heteroatoms. The summed E-state index contributed by atoms with van der Waals surface area (Å²) in [5.41, 5.74) is 0. The van der Waals surface area contributed by atoms with Crippen LogP contribution in [0.1, 0.15) is 84.0 Å². The van der Waals surface area contributed by atoms with Crippen molar-refractivity contribution in [1.29, 1.82) is 0 Å². The first kappa shape index (κ1) is 22.1. The Balaban J connectivity index is 2.02. The van der Waals surface area contributed by atoms with Crippen LogP contribution >= 0.6 is 0 Å². The van der Waals surface area contributed by atoms with Crippen molar-refractivity contribution in [2.24, 2.45) is 0 Å². The fraction of sp³-hybridized carbons (Fsp3) is 0.895. The minimum absolute atomic E-state index is 0.190. The fourth-order valence-electron chi connectivity index (χ4n) is 3.14. The van der Waals surface area contributed by atoms with Gasteiger partial charge in [0.25, 0.3) is 0 Å². The van der Waals surface area contributed by atoms with Crippen molar-refractivity contribution in [3.63, 3.8) is 0 Å². The summed E-state index contributed by atoms with van der Waals surface area (Å²) in [6.45, 7) is 2.22. The Morgan fingerprint density at radius 1 is 0.960 bits per heavy atom. The van der Waals surface area contributed by atoms with Crippen LogP contribution < -0.4 is 0 Å². The molecule has 0 aromatic carbocycles. The Morgan fingerprint density at radius 2 is 1.44 bits per heavy atom. The molecule has 25 heavy (non-hydrogen) atoms. The van der Waals surface area contributed by atoms with Gasteiger partial charge in [0.05, 0.1) is 0 Å². The summed E-state index contributed by atoms with van der Waals surface area (Å²) in [5.74, 6) is -1.46. The van der Waals surface area contributed by atoms with Crippen LogP contribution in [0.4, 0.5) is 0 Å². The number of unbranched alkanes of at least 4 members (excludes halogenated alkanes) is 10. The summed E-state index contributed by atoms with van der Waals surface area (Å²) in [6.07, 6.45) is 6.92. The Labute approximate surface area is 150 Å². The fourth-order valence-corrected chi connectivity index (χ4v) is 3.14. The summed E-state index contributed by atoms with van der Waals surface area (Å²) in [6, 6.07) is 0. The predicted molar refractivity (Wildman–Crippen MR) is 94.0 cm³/mol. The highest BCUT2D eigenvalue weighted by Crippen LogP contribution is 2.21. The first-order chi connectivity index (χ1) is 12.0. The maximum atomic E-state index is 11.9. The van der Waals surface area contributed by atoms with Crippen LogP contribution in [0.15, 0.2) is 0 Å². The normalized spacial score (nSPS) is 24.3. The molecule has 0 unspecified atom stereocenters. The molecule has 1 fully saturated rings. The zero-order valence-corrected chi connectivity index (χ0v) is 15.4. The van der Waals surface area contributed by atoms with E-state index in [2.05, 4.69) is 11.7 Å². The molecule has 0 saturated carbocycles. The second-order valence-electron chi connectivity index (χ2n) is 7.03. The molecule has 0 amide bonds. The third-order valence-electron chi connectivity index (χ3n) is 4.82. The highest BCUT2D eigenvalue weighted by Gasteiger charge is 2.47. The van der Waals surface area contributed by atoms with Crippen LogP contribution in [-0.4, -0.2) is 51.5 Å². The lowest BCUT2D eigenvalue weighted by Gasteiger charge is -2.18. The lowest BCUT2D eigenvalue weighted by atomic mass is 9.98. The molecular weight excluding hydrogens is 324 g/mol. The van der Waals surface area contributed by atoms with E-state index in [0.29, 0.717) is 6.42 Å². The van der Waals surface area contributed by atoms with E-state index >= 15 is 0 Å². The zero-order valence-electron chi connectivity index (χ0n) is 15.4. The van der Waals surface area contributed by atoms with Gasteiger partial charge in [0, 0.05) is 6.42 Å². The average molecular weight is 358 g/mol. The number of carbonyl (C=O) groups excluding carboxylic acids is 2. The van der Waals surface area contributed by atoms with Crippen molar-refractivity contribution in [3.05, 3.63) is 0 Å². The van der Waals surface area contributed by atoms with E-state index < -0.39 is 36.2 Å². The molecule has 1 rings (SSSR count). The van der Waals surface area contributed by atoms with Crippen LogP contribution in [0.2, 0.25) is 0 Å². The summed E-state index contributed by atoms with van der Waals surface area (Å²) in [5, 5.41) is 28.8. The van der Waals surface area contributed by atoms with Gasteiger partial charge in [-0.3, -0.25) is 4.79 Å². The van der Waals surface area contributed by atoms with E-state index in [0.717, 1.165) is 19.3 Å². The second kappa shape index (κ2) is 12.4. The van der Waals surface area contributed by atoms with Crippen LogP contribution in [0.25, 0.3) is 0 Å². The summed E-state index contributed by atoms with van der Waals surface area (Å²) < 4.78 is 4.67. The number of esters is 1. The largest absolute Gasteiger partial charge is 0.454 e. The summed E-state index contributed by atoms with van der Waals surface area (Å²) in [7, 11) is 0. The molecule has 146 valence electrons. The first-order valence-corrected chi connectivity index (χ1v) is 9.76. The van der Waals surface area contributed by atoms with Crippen molar-refractivity contribution in [2.75, 3.05) is 0 Å². The van der Waals surface area contributed by atoms with Gasteiger partial charge in [-0.15, -0.1) is 0 Å². The number of aliphatic hydroxyl groups excluding tert-OH is 3. The molecule has 0 aromatic heterocycles. The van der Waals surface area contributed by atoms with E-state index in [1.165, 1.54) is 44.9 Å². The van der Waals surface area contributed by atoms with Gasteiger partial charge in [-0.1, -0.05) is 71.1 Å². The molecule has 0 spiro atoms. The number of carbonyl (C=O) groups is 2. The second-order valence-corrected chi connectivity index (χ2v) is 7.03. The molecule has 0 aromatic rings. The SMILES string of the molecule is CCCCCCCCCCCCCC(=O)[C@H](O)[C@H]1OC(=O)[C@@H](O)[C@H]1O. The van der Waals surface area contributed by atoms with Gasteiger partial charge in [-0.2, -0.15) is 0 Å². The molecule has 0 bridgehead atoms. The van der Waals surface area contributed by atoms with Crippen LogP contribution in [0.3, 0.4) is 0 Å². The number of rotatable bonds is 14. The molecule has 1 saturated heterocycles. The monoisotopic (exact) mass is 358 g/mol. The first-order valence-electron chi connectivity index (χ1n) is 9.76. The van der Waals surface area contributed by atoms with E-state index in [1.807, 2.05) is 0 Å². The van der Waals surface area contributed by atoms with Gasteiger partial charge >= 0.3 is 5.97 Å². The predicted octanol–water partition coefficient (Wildman–Crippen LogP) is 2.26. The molecule has 1 aliphatic rings. The summed E-state index contributed by atoms with van der Waals surface area (Å²) >= 11 is 0. The minimum atomic E-state index is -1.69. The van der Waals surface area contributed by atoms with Crippen molar-refractivity contribution in [1.82, 2.24) is 0 Å². The average Bonchev–Trinajstić information content (AvgIpc) is 2.86. The van der Waals surface area contributed by atoms with Crippen molar-refractivity contribution in [3.8, 4) is 0 Å². The lowest BCUT2D eigenvalue weighted by molar-refractivity contribution is -0.153. The molecule has 1 heterocycles. The van der Waals surface area contributed by atoms with Crippen molar-refractivity contribution < 1.29 is 29.6 Å². The Bertz CT molecular complexity index is 397. The smallest absolute Gasteiger partial charge is 0.338 e. The Morgan fingerprint density at radius 3 is 1.88 bits per heavy atom. The van der Waals surface area contributed by atoms with E-state index in [1.54, 1.807) is 0 Å². The van der Waals surface area contributed by atoms with Gasteiger partial charge < -0.3 is 20.1 Å². The number of ketones is 1. The van der Waals surface area contributed by atoms with Gasteiger partial charge in [0.15, 0.2) is 24.1 Å². The topological polar surface area (TPSA) is 104 Å². The Kier molecular flexibility index (Phi) is 10.9. The highest BCUT2D eigenvalue weighted by molar-refractivity contribution is 5.85. The number of aliphatic hydroxyl groups is 3. The molecule has 3 N–H and O–H groups in total. The number of cyclic esters (lactones) is 1. The van der Waals surface area contributed by atoms with Gasteiger partial charge in [-0.25, -0.2) is 4.79 Å². The number of ether oxygens (including phenoxy) is 1. The van der Waals surface area contributed by atoms with Crippen LogP contribution in [0.5, 0.6) is 0 Å². The van der Waals surface area contributed by atoms with Gasteiger partial charge in [0.1, 0.15) is 6.10 Å². The van der Waals surface area contributed by atoms with Crippen LogP contribution in [-0.2, 0) is 14.3 Å². The molecule has 6 nitrogen and oxygen atoms in total. The molecular formula is C19H34O6. The Hall–Kier alpha value is -0.980. The molecule has 0 aliphatic carbocycles. The van der Waals surface area contributed by atoms with Crippen molar-refractivity contribution in [2.45, 2.75) is 108 Å². The number of hydrogen-bond acceptors (Lipinski definition) is 6. The molecule has 0 radical (unpaired) electrons. The third kappa shape index (κ3) is 7.84. The third-order valence-corrected chi connectivity index (χ3v) is 4.82. The van der Waals surface area contributed by atoms with Gasteiger partial charge in [-0.05, 0) is 6.42 Å². The number of Topliss-reactive ketones (excluding diaryl/α,β-unsaturated/α-hetero) is 1. The van der Waals surface area contributed by atoms with Crippen LogP contribution in [0, 0.1) is 0 Å². The maximum Gasteiger partial charge on any atom is 0.338 e. The van der Waals surface area contributed by atoms with E-state index in [9.17, 15) is 24.9 Å². The maximum absolute atomic E-state index is 11.9. The van der Waals surface area contributed by atoms with E-state index in [-0.39, 0.29) is 6.42 Å². The van der Waals surface area contributed by atoms with Crippen molar-refractivity contribution >= 4 is 11.8 Å². The van der Waals surface area contributed by atoms with E-state index in [4.69, 9.17) is 0 Å². The zero-order chi connectivity index (χ0) is 18.7.